The molecule has 1 atom stereocenters. The van der Waals surface area contributed by atoms with Crippen LogP contribution in [0, 0.1) is 0 Å². The van der Waals surface area contributed by atoms with Crippen LogP contribution in [-0.2, 0) is 4.79 Å². The van der Waals surface area contributed by atoms with E-state index in [9.17, 15) is 4.79 Å². The number of nitrogens with two attached hydrogens (primary N) is 1. The maximum atomic E-state index is 11.5. The Kier molecular flexibility index (Phi) is 4.11. The van der Waals surface area contributed by atoms with E-state index in [1.807, 2.05) is 36.5 Å². The zero-order valence-corrected chi connectivity index (χ0v) is 11.2. The van der Waals surface area contributed by atoms with Gasteiger partial charge in [0.1, 0.15) is 0 Å². The number of aromatic nitrogens is 2. The van der Waals surface area contributed by atoms with Gasteiger partial charge in [0.25, 0.3) is 0 Å². The number of hydrogen-bond acceptors (Lipinski definition) is 3. The normalized spacial score (nSPS) is 12.1. The fourth-order valence-electron chi connectivity index (χ4n) is 1.78. The lowest BCUT2D eigenvalue weighted by molar-refractivity contribution is -0.121. The third kappa shape index (κ3) is 2.96. The zero-order valence-electron chi connectivity index (χ0n) is 9.58. The summed E-state index contributed by atoms with van der Waals surface area (Å²) in [6, 6.07) is 9.45. The van der Waals surface area contributed by atoms with Crippen LogP contribution >= 0.6 is 15.9 Å². The molecule has 3 N–H and O–H groups in total. The molecule has 0 aliphatic heterocycles. The highest BCUT2D eigenvalue weighted by molar-refractivity contribution is 9.10. The van der Waals surface area contributed by atoms with Gasteiger partial charge < -0.3 is 0 Å². The van der Waals surface area contributed by atoms with Crippen molar-refractivity contribution in [2.75, 3.05) is 0 Å². The lowest BCUT2D eigenvalue weighted by Crippen LogP contribution is -2.32. The van der Waals surface area contributed by atoms with E-state index in [2.05, 4.69) is 26.5 Å². The first-order valence-electron chi connectivity index (χ1n) is 5.44. The van der Waals surface area contributed by atoms with Crippen molar-refractivity contribution in [1.82, 2.24) is 15.2 Å². The first-order chi connectivity index (χ1) is 8.70. The molecule has 0 fully saturated rings. The number of halogens is 1. The Hall–Kier alpha value is -1.66. The van der Waals surface area contributed by atoms with Crippen LogP contribution in [0.5, 0.6) is 0 Å². The number of hydrogen-bond donors (Lipinski definition) is 2. The molecule has 0 bridgehead atoms. The highest BCUT2D eigenvalue weighted by Crippen LogP contribution is 2.24. The fourth-order valence-corrected chi connectivity index (χ4v) is 2.19. The van der Waals surface area contributed by atoms with Crippen LogP contribution in [0.3, 0.4) is 0 Å². The molecule has 0 spiro atoms. The number of nitrogens with one attached hydrogen (secondary N) is 1. The molecule has 1 aromatic heterocycles. The average Bonchev–Trinajstić information content (AvgIpc) is 2.89. The molecule has 0 radical (unpaired) electrons. The largest absolute Gasteiger partial charge is 0.294 e. The van der Waals surface area contributed by atoms with Gasteiger partial charge in [0.2, 0.25) is 5.91 Å². The van der Waals surface area contributed by atoms with Gasteiger partial charge in [-0.1, -0.05) is 28.1 Å². The van der Waals surface area contributed by atoms with Gasteiger partial charge in [-0.3, -0.25) is 14.9 Å². The van der Waals surface area contributed by atoms with Gasteiger partial charge in [-0.15, -0.1) is 0 Å². The summed E-state index contributed by atoms with van der Waals surface area (Å²) in [4.78, 5) is 11.5. The Morgan fingerprint density at radius 3 is 2.94 bits per heavy atom. The van der Waals surface area contributed by atoms with Crippen molar-refractivity contribution in [3.8, 4) is 0 Å². The molecule has 5 nitrogen and oxygen atoms in total. The highest BCUT2D eigenvalue weighted by atomic mass is 79.9. The summed E-state index contributed by atoms with van der Waals surface area (Å²) in [6.07, 6.45) is 3.76. The predicted molar refractivity (Wildman–Crippen MR) is 71.5 cm³/mol. The van der Waals surface area contributed by atoms with E-state index >= 15 is 0 Å². The van der Waals surface area contributed by atoms with Gasteiger partial charge >= 0.3 is 0 Å². The summed E-state index contributed by atoms with van der Waals surface area (Å²) in [6.45, 7) is 0. The van der Waals surface area contributed by atoms with Crippen LogP contribution < -0.4 is 11.3 Å². The number of carbonyl (C=O) groups excluding carboxylic acids is 1. The maximum Gasteiger partial charge on any atom is 0.236 e. The Balaban J connectivity index is 2.33. The van der Waals surface area contributed by atoms with Crippen LogP contribution in [0.1, 0.15) is 18.0 Å². The molecule has 1 aromatic carbocycles. The standard InChI is InChI=1S/C12H13BrN4O/c13-10-4-1-3-9(7-10)11(8-12(18)16-14)17-6-2-5-15-17/h1-7,11H,8,14H2,(H,16,18). The second-order valence-corrected chi connectivity index (χ2v) is 4.74. The van der Waals surface area contributed by atoms with Crippen molar-refractivity contribution in [3.63, 3.8) is 0 Å². The quantitative estimate of drug-likeness (QED) is 0.512. The van der Waals surface area contributed by atoms with Gasteiger partial charge in [-0.2, -0.15) is 5.10 Å². The van der Waals surface area contributed by atoms with Crippen LogP contribution in [-0.4, -0.2) is 15.7 Å². The van der Waals surface area contributed by atoms with Gasteiger partial charge in [0.05, 0.1) is 12.5 Å². The van der Waals surface area contributed by atoms with Crippen LogP contribution in [0.2, 0.25) is 0 Å². The fraction of sp³-hybridized carbons (Fsp3) is 0.167. The number of nitrogens with zero attached hydrogens (tertiary/aromatic N) is 2. The number of carbonyl (C=O) groups is 1. The number of amides is 1. The SMILES string of the molecule is NNC(=O)CC(c1cccc(Br)c1)n1cccn1. The van der Waals surface area contributed by atoms with Crippen molar-refractivity contribution < 1.29 is 4.79 Å². The molecule has 1 unspecified atom stereocenters. The number of benzene rings is 1. The summed E-state index contributed by atoms with van der Waals surface area (Å²) < 4.78 is 2.71. The molecule has 0 aliphatic carbocycles. The summed E-state index contributed by atoms with van der Waals surface area (Å²) in [7, 11) is 0. The van der Waals surface area contributed by atoms with E-state index in [1.165, 1.54) is 0 Å². The van der Waals surface area contributed by atoms with Crippen molar-refractivity contribution in [2.24, 2.45) is 5.84 Å². The smallest absolute Gasteiger partial charge is 0.236 e. The molecule has 0 saturated carbocycles. The lowest BCUT2D eigenvalue weighted by Gasteiger charge is -2.17. The first-order valence-corrected chi connectivity index (χ1v) is 6.24. The molecule has 0 saturated heterocycles. The Bertz CT molecular complexity index is 527. The number of hydrazine groups is 1. The van der Waals surface area contributed by atoms with Crippen molar-refractivity contribution in [1.29, 1.82) is 0 Å². The van der Waals surface area contributed by atoms with Gasteiger partial charge in [0.15, 0.2) is 0 Å². The van der Waals surface area contributed by atoms with E-state index in [4.69, 9.17) is 5.84 Å². The van der Waals surface area contributed by atoms with E-state index in [1.54, 1.807) is 10.9 Å². The number of rotatable bonds is 4. The average molecular weight is 309 g/mol. The second kappa shape index (κ2) is 5.79. The van der Waals surface area contributed by atoms with E-state index in [-0.39, 0.29) is 18.4 Å². The Labute approximate surface area is 113 Å². The van der Waals surface area contributed by atoms with Crippen LogP contribution in [0.25, 0.3) is 0 Å². The molecule has 94 valence electrons. The molecule has 6 heteroatoms. The van der Waals surface area contributed by atoms with Crippen LogP contribution in [0.15, 0.2) is 47.2 Å². The van der Waals surface area contributed by atoms with Crippen LogP contribution in [0.4, 0.5) is 0 Å². The molecule has 2 aromatic rings. The van der Waals surface area contributed by atoms with E-state index in [0.29, 0.717) is 0 Å². The molecule has 18 heavy (non-hydrogen) atoms. The topological polar surface area (TPSA) is 72.9 Å². The van der Waals surface area contributed by atoms with E-state index < -0.39 is 0 Å². The molecular weight excluding hydrogens is 296 g/mol. The Morgan fingerprint density at radius 1 is 1.50 bits per heavy atom. The first kappa shape index (κ1) is 12.8. The Morgan fingerprint density at radius 2 is 2.33 bits per heavy atom. The highest BCUT2D eigenvalue weighted by Gasteiger charge is 2.17. The zero-order chi connectivity index (χ0) is 13.0. The van der Waals surface area contributed by atoms with Crippen molar-refractivity contribution in [3.05, 3.63) is 52.8 Å². The third-order valence-corrected chi connectivity index (χ3v) is 3.11. The van der Waals surface area contributed by atoms with E-state index in [0.717, 1.165) is 10.0 Å². The summed E-state index contributed by atoms with van der Waals surface area (Å²) in [5.74, 6) is 4.92. The minimum absolute atomic E-state index is 0.166. The molecule has 1 heterocycles. The monoisotopic (exact) mass is 308 g/mol. The predicted octanol–water partition coefficient (Wildman–Crippen LogP) is 1.61. The summed E-state index contributed by atoms with van der Waals surface area (Å²) in [5.41, 5.74) is 3.15. The molecular formula is C12H13BrN4O. The minimum atomic E-state index is -0.226. The summed E-state index contributed by atoms with van der Waals surface area (Å²) in [5, 5.41) is 4.19. The lowest BCUT2D eigenvalue weighted by atomic mass is 10.0. The molecule has 0 aliphatic rings. The van der Waals surface area contributed by atoms with Crippen molar-refractivity contribution in [2.45, 2.75) is 12.5 Å². The van der Waals surface area contributed by atoms with Gasteiger partial charge in [-0.05, 0) is 23.8 Å². The second-order valence-electron chi connectivity index (χ2n) is 3.83. The van der Waals surface area contributed by atoms with Crippen molar-refractivity contribution >= 4 is 21.8 Å². The molecule has 2 rings (SSSR count). The third-order valence-electron chi connectivity index (χ3n) is 2.62. The van der Waals surface area contributed by atoms with Gasteiger partial charge in [0, 0.05) is 16.9 Å². The maximum absolute atomic E-state index is 11.5. The molecule has 1 amide bonds. The summed E-state index contributed by atoms with van der Waals surface area (Å²) >= 11 is 3.42. The minimum Gasteiger partial charge on any atom is -0.294 e. The van der Waals surface area contributed by atoms with Gasteiger partial charge in [-0.25, -0.2) is 5.84 Å².